The highest BCUT2D eigenvalue weighted by Crippen LogP contribution is 2.17. The molecule has 0 heterocycles. The highest BCUT2D eigenvalue weighted by molar-refractivity contribution is 14.1. The van der Waals surface area contributed by atoms with Crippen LogP contribution >= 0.6 is 22.6 Å². The van der Waals surface area contributed by atoms with Gasteiger partial charge in [-0.15, -0.1) is 0 Å². The molecule has 5 heteroatoms. The number of benzene rings is 1. The van der Waals surface area contributed by atoms with Gasteiger partial charge in [0.25, 0.3) is 0 Å². The lowest BCUT2D eigenvalue weighted by atomic mass is 10.1. The van der Waals surface area contributed by atoms with Gasteiger partial charge in [0.1, 0.15) is 11.9 Å². The van der Waals surface area contributed by atoms with E-state index in [1.54, 1.807) is 12.1 Å². The van der Waals surface area contributed by atoms with Crippen LogP contribution in [-0.2, 0) is 11.2 Å². The van der Waals surface area contributed by atoms with Crippen LogP contribution in [0.5, 0.6) is 0 Å². The second-order valence-electron chi connectivity index (χ2n) is 2.86. The van der Waals surface area contributed by atoms with Crippen LogP contribution in [0, 0.1) is 9.39 Å². The van der Waals surface area contributed by atoms with Gasteiger partial charge in [-0.3, -0.25) is 4.79 Å². The fourth-order valence-electron chi connectivity index (χ4n) is 1.03. The van der Waals surface area contributed by atoms with Crippen molar-refractivity contribution in [2.45, 2.75) is 12.5 Å². The summed E-state index contributed by atoms with van der Waals surface area (Å²) in [7, 11) is 0. The zero-order valence-corrected chi connectivity index (χ0v) is 9.36. The highest BCUT2D eigenvalue weighted by Gasteiger charge is 2.14. The van der Waals surface area contributed by atoms with Crippen LogP contribution < -0.4 is 5.73 Å². The number of hydrogen-bond acceptors (Lipinski definition) is 2. The molecule has 0 aliphatic carbocycles. The number of rotatable bonds is 3. The summed E-state index contributed by atoms with van der Waals surface area (Å²) in [6.45, 7) is 0. The van der Waals surface area contributed by atoms with E-state index >= 15 is 0 Å². The molecule has 0 radical (unpaired) electrons. The zero-order valence-electron chi connectivity index (χ0n) is 7.21. The molecule has 1 aromatic carbocycles. The van der Waals surface area contributed by atoms with Gasteiger partial charge < -0.3 is 10.8 Å². The predicted octanol–water partition coefficient (Wildman–Crippen LogP) is 1.38. The molecule has 0 saturated heterocycles. The first-order valence-electron chi connectivity index (χ1n) is 3.93. The van der Waals surface area contributed by atoms with E-state index in [2.05, 4.69) is 0 Å². The number of halogens is 2. The first-order chi connectivity index (χ1) is 6.52. The number of carboxylic acids is 1. The third kappa shape index (κ3) is 2.65. The number of nitrogens with two attached hydrogens (primary N) is 1. The smallest absolute Gasteiger partial charge is 0.320 e. The Bertz CT molecular complexity index is 357. The van der Waals surface area contributed by atoms with E-state index in [1.165, 1.54) is 6.07 Å². The van der Waals surface area contributed by atoms with Crippen LogP contribution in [0.1, 0.15) is 5.56 Å². The van der Waals surface area contributed by atoms with Crippen molar-refractivity contribution in [1.29, 1.82) is 0 Å². The summed E-state index contributed by atoms with van der Waals surface area (Å²) >= 11 is 1.84. The van der Waals surface area contributed by atoms with E-state index in [9.17, 15) is 9.18 Å². The van der Waals surface area contributed by atoms with E-state index in [-0.39, 0.29) is 12.2 Å². The molecular weight excluding hydrogens is 300 g/mol. The molecule has 1 aromatic rings. The van der Waals surface area contributed by atoms with Crippen LogP contribution in [0.15, 0.2) is 18.2 Å². The Morgan fingerprint density at radius 3 is 2.86 bits per heavy atom. The van der Waals surface area contributed by atoms with Crippen molar-refractivity contribution in [1.82, 2.24) is 0 Å². The average molecular weight is 309 g/mol. The number of aliphatic carboxylic acids is 1. The van der Waals surface area contributed by atoms with Crippen molar-refractivity contribution in [3.05, 3.63) is 33.1 Å². The first kappa shape index (κ1) is 11.4. The summed E-state index contributed by atoms with van der Waals surface area (Å²) in [5, 5.41) is 8.58. The summed E-state index contributed by atoms with van der Waals surface area (Å²) in [6.07, 6.45) is 0.144. The van der Waals surface area contributed by atoms with Gasteiger partial charge in [0.2, 0.25) is 0 Å². The monoisotopic (exact) mass is 309 g/mol. The number of carboxylic acid groups (broad SMARTS) is 1. The topological polar surface area (TPSA) is 63.3 Å². The molecule has 76 valence electrons. The third-order valence-electron chi connectivity index (χ3n) is 1.79. The fourth-order valence-corrected chi connectivity index (χ4v) is 1.61. The molecule has 0 aromatic heterocycles. The molecule has 0 spiro atoms. The van der Waals surface area contributed by atoms with Gasteiger partial charge in [-0.05, 0) is 40.6 Å². The lowest BCUT2D eigenvalue weighted by molar-refractivity contribution is -0.138. The second-order valence-corrected chi connectivity index (χ2v) is 3.94. The largest absolute Gasteiger partial charge is 0.480 e. The number of carbonyl (C=O) groups is 1. The molecule has 1 unspecified atom stereocenters. The van der Waals surface area contributed by atoms with Gasteiger partial charge >= 0.3 is 5.97 Å². The Morgan fingerprint density at radius 1 is 1.64 bits per heavy atom. The van der Waals surface area contributed by atoms with Crippen LogP contribution in [0.4, 0.5) is 4.39 Å². The van der Waals surface area contributed by atoms with E-state index in [0.717, 1.165) is 0 Å². The lowest BCUT2D eigenvalue weighted by Crippen LogP contribution is -2.32. The van der Waals surface area contributed by atoms with Crippen LogP contribution in [0.25, 0.3) is 0 Å². The minimum Gasteiger partial charge on any atom is -0.480 e. The van der Waals surface area contributed by atoms with Crippen LogP contribution in [0.2, 0.25) is 0 Å². The molecule has 0 bridgehead atoms. The molecule has 1 atom stereocenters. The van der Waals surface area contributed by atoms with Crippen molar-refractivity contribution < 1.29 is 14.3 Å². The summed E-state index contributed by atoms with van der Waals surface area (Å²) in [6, 6.07) is 3.57. The van der Waals surface area contributed by atoms with Crippen molar-refractivity contribution in [3.63, 3.8) is 0 Å². The van der Waals surface area contributed by atoms with E-state index in [1.807, 2.05) is 22.6 Å². The van der Waals surface area contributed by atoms with Gasteiger partial charge in [0.05, 0.1) is 3.57 Å². The minimum atomic E-state index is -1.08. The van der Waals surface area contributed by atoms with Gasteiger partial charge in [-0.1, -0.05) is 12.1 Å². The molecular formula is C9H9FINO2. The number of hydrogen-bond donors (Lipinski definition) is 2. The van der Waals surface area contributed by atoms with Crippen LogP contribution in [0.3, 0.4) is 0 Å². The lowest BCUT2D eigenvalue weighted by Gasteiger charge is -2.08. The summed E-state index contributed by atoms with van der Waals surface area (Å²) < 4.78 is 13.5. The van der Waals surface area contributed by atoms with Crippen molar-refractivity contribution in [2.24, 2.45) is 5.73 Å². The normalized spacial score (nSPS) is 12.5. The molecule has 3 N–H and O–H groups in total. The summed E-state index contributed by atoms with van der Waals surface area (Å²) in [4.78, 5) is 10.5. The van der Waals surface area contributed by atoms with Gasteiger partial charge in [0, 0.05) is 0 Å². The van der Waals surface area contributed by atoms with Gasteiger partial charge in [-0.25, -0.2) is 4.39 Å². The van der Waals surface area contributed by atoms with Crippen molar-refractivity contribution in [3.8, 4) is 0 Å². The van der Waals surface area contributed by atoms with Crippen LogP contribution in [-0.4, -0.2) is 17.1 Å². The molecule has 0 aliphatic rings. The molecule has 0 amide bonds. The molecule has 0 saturated carbocycles. The highest BCUT2D eigenvalue weighted by atomic mass is 127. The van der Waals surface area contributed by atoms with Gasteiger partial charge in [-0.2, -0.15) is 0 Å². The Kier molecular flexibility index (Phi) is 3.82. The third-order valence-corrected chi connectivity index (χ3v) is 3.00. The van der Waals surface area contributed by atoms with E-state index in [4.69, 9.17) is 10.8 Å². The average Bonchev–Trinajstić information content (AvgIpc) is 2.12. The Morgan fingerprint density at radius 2 is 2.29 bits per heavy atom. The van der Waals surface area contributed by atoms with Gasteiger partial charge in [0.15, 0.2) is 0 Å². The molecule has 0 aliphatic heterocycles. The Balaban J connectivity index is 2.87. The maximum atomic E-state index is 13.0. The molecule has 14 heavy (non-hydrogen) atoms. The Labute approximate surface area is 94.2 Å². The molecule has 3 nitrogen and oxygen atoms in total. The van der Waals surface area contributed by atoms with E-state index in [0.29, 0.717) is 9.13 Å². The molecule has 1 rings (SSSR count). The SMILES string of the molecule is NC(Cc1cccc(F)c1I)C(=O)O. The quantitative estimate of drug-likeness (QED) is 0.829. The fraction of sp³-hybridized carbons (Fsp3) is 0.222. The van der Waals surface area contributed by atoms with E-state index < -0.39 is 12.0 Å². The second kappa shape index (κ2) is 4.70. The molecule has 0 fully saturated rings. The maximum absolute atomic E-state index is 13.0. The standard InChI is InChI=1S/C9H9FINO2/c10-6-3-1-2-5(8(6)11)4-7(12)9(13)14/h1-3,7H,4,12H2,(H,13,14). The zero-order chi connectivity index (χ0) is 10.7. The summed E-state index contributed by atoms with van der Waals surface area (Å²) in [5.74, 6) is -1.43. The van der Waals surface area contributed by atoms with Crippen molar-refractivity contribution >= 4 is 28.6 Å². The maximum Gasteiger partial charge on any atom is 0.320 e. The predicted molar refractivity (Wildman–Crippen MR) is 58.4 cm³/mol. The van der Waals surface area contributed by atoms with Crippen molar-refractivity contribution in [2.75, 3.05) is 0 Å². The Hall–Kier alpha value is -0.690. The summed E-state index contributed by atoms with van der Waals surface area (Å²) in [5.41, 5.74) is 5.97. The first-order valence-corrected chi connectivity index (χ1v) is 5.01. The minimum absolute atomic E-state index is 0.144.